The molecule has 3 nitrogen and oxygen atoms in total. The molecule has 0 aliphatic carbocycles. The van der Waals surface area contributed by atoms with Crippen LogP contribution in [0.15, 0.2) is 42.5 Å². The molecule has 0 bridgehead atoms. The van der Waals surface area contributed by atoms with Gasteiger partial charge in [-0.25, -0.2) is 0 Å². The molecule has 0 radical (unpaired) electrons. The van der Waals surface area contributed by atoms with E-state index in [0.717, 1.165) is 5.56 Å². The van der Waals surface area contributed by atoms with Crippen molar-refractivity contribution in [1.29, 1.82) is 0 Å². The highest BCUT2D eigenvalue weighted by Crippen LogP contribution is 2.18. The lowest BCUT2D eigenvalue weighted by molar-refractivity contribution is -0.135. The number of fused-ring (bicyclic) bond motifs is 1. The van der Waals surface area contributed by atoms with Crippen molar-refractivity contribution in [3.05, 3.63) is 48.0 Å². The first-order valence-corrected chi connectivity index (χ1v) is 7.45. The maximum Gasteiger partial charge on any atom is 0.227 e. The number of hydrogen-bond acceptors (Lipinski definition) is 2. The van der Waals surface area contributed by atoms with Crippen LogP contribution in [0.5, 0.6) is 0 Å². The number of nitrogens with zero attached hydrogens (tertiary/aromatic N) is 1. The fourth-order valence-electron chi connectivity index (χ4n) is 2.63. The van der Waals surface area contributed by atoms with Crippen molar-refractivity contribution < 1.29 is 4.79 Å². The molecule has 21 heavy (non-hydrogen) atoms. The van der Waals surface area contributed by atoms with Crippen LogP contribution >= 0.6 is 0 Å². The number of carbonyl (C=O) groups is 1. The molecule has 0 saturated carbocycles. The van der Waals surface area contributed by atoms with E-state index in [1.54, 1.807) is 4.90 Å². The van der Waals surface area contributed by atoms with E-state index in [9.17, 15) is 4.79 Å². The van der Waals surface area contributed by atoms with Crippen molar-refractivity contribution in [2.45, 2.75) is 20.4 Å². The number of amides is 1. The van der Waals surface area contributed by atoms with Crippen LogP contribution in [0.25, 0.3) is 10.8 Å². The van der Waals surface area contributed by atoms with Gasteiger partial charge in [0.25, 0.3) is 0 Å². The smallest absolute Gasteiger partial charge is 0.227 e. The number of benzene rings is 2. The minimum Gasteiger partial charge on any atom is -0.341 e. The summed E-state index contributed by atoms with van der Waals surface area (Å²) in [6.45, 7) is 5.10. The predicted octanol–water partition coefficient (Wildman–Crippen LogP) is 3.03. The summed E-state index contributed by atoms with van der Waals surface area (Å²) >= 11 is 0. The second kappa shape index (κ2) is 6.72. The van der Waals surface area contributed by atoms with Crippen LogP contribution in [0.1, 0.15) is 19.4 Å². The molecular formula is C18H24N2O. The van der Waals surface area contributed by atoms with E-state index in [2.05, 4.69) is 30.3 Å². The molecule has 0 saturated heterocycles. The Morgan fingerprint density at radius 3 is 2.43 bits per heavy atom. The third-order valence-electron chi connectivity index (χ3n) is 3.99. The summed E-state index contributed by atoms with van der Waals surface area (Å²) in [7, 11) is 1.85. The standard InChI is InChI=1S/C18H24N2O/c1-13(2)17(11-19)18(21)20(3)12-14-8-9-15-6-4-5-7-16(15)10-14/h4-10,13,17H,11-12,19H2,1-3H3. The molecule has 2 aromatic carbocycles. The molecule has 0 aliphatic heterocycles. The van der Waals surface area contributed by atoms with Crippen LogP contribution < -0.4 is 5.73 Å². The van der Waals surface area contributed by atoms with Crippen molar-refractivity contribution in [3.63, 3.8) is 0 Å². The molecule has 1 amide bonds. The van der Waals surface area contributed by atoms with Gasteiger partial charge < -0.3 is 10.6 Å². The maximum absolute atomic E-state index is 12.4. The van der Waals surface area contributed by atoms with Crippen molar-refractivity contribution >= 4 is 16.7 Å². The molecule has 0 heterocycles. The Bertz CT molecular complexity index is 621. The Morgan fingerprint density at radius 2 is 1.81 bits per heavy atom. The average Bonchev–Trinajstić information content (AvgIpc) is 2.47. The number of carbonyl (C=O) groups excluding carboxylic acids is 1. The van der Waals surface area contributed by atoms with Gasteiger partial charge in [-0.05, 0) is 28.3 Å². The normalized spacial score (nSPS) is 12.6. The van der Waals surface area contributed by atoms with E-state index in [4.69, 9.17) is 5.73 Å². The molecule has 112 valence electrons. The van der Waals surface area contributed by atoms with E-state index < -0.39 is 0 Å². The quantitative estimate of drug-likeness (QED) is 0.917. The molecule has 0 aliphatic rings. The second-order valence-electron chi connectivity index (χ2n) is 5.96. The average molecular weight is 284 g/mol. The van der Waals surface area contributed by atoms with Crippen molar-refractivity contribution in [2.75, 3.05) is 13.6 Å². The van der Waals surface area contributed by atoms with Crippen molar-refractivity contribution in [3.8, 4) is 0 Å². The van der Waals surface area contributed by atoms with Gasteiger partial charge in [-0.1, -0.05) is 50.2 Å². The molecule has 3 heteroatoms. The van der Waals surface area contributed by atoms with Gasteiger partial charge in [-0.15, -0.1) is 0 Å². The molecule has 0 spiro atoms. The first kappa shape index (κ1) is 15.5. The Labute approximate surface area is 126 Å². The Hall–Kier alpha value is -1.87. The molecule has 2 N–H and O–H groups in total. The second-order valence-corrected chi connectivity index (χ2v) is 5.96. The Balaban J connectivity index is 2.13. The highest BCUT2D eigenvalue weighted by atomic mass is 16.2. The third kappa shape index (κ3) is 3.61. The van der Waals surface area contributed by atoms with Crippen LogP contribution in [0, 0.1) is 11.8 Å². The number of hydrogen-bond donors (Lipinski definition) is 1. The van der Waals surface area contributed by atoms with Crippen LogP contribution in [0.4, 0.5) is 0 Å². The number of rotatable bonds is 5. The van der Waals surface area contributed by atoms with Gasteiger partial charge in [0.15, 0.2) is 0 Å². The van der Waals surface area contributed by atoms with Gasteiger partial charge in [0.1, 0.15) is 0 Å². The lowest BCUT2D eigenvalue weighted by Gasteiger charge is -2.25. The minimum absolute atomic E-state index is 0.101. The summed E-state index contributed by atoms with van der Waals surface area (Å²) in [5, 5.41) is 2.42. The summed E-state index contributed by atoms with van der Waals surface area (Å²) in [6.07, 6.45) is 0. The van der Waals surface area contributed by atoms with Crippen LogP contribution in [0.3, 0.4) is 0 Å². The molecule has 2 rings (SSSR count). The topological polar surface area (TPSA) is 46.3 Å². The largest absolute Gasteiger partial charge is 0.341 e. The highest BCUT2D eigenvalue weighted by Gasteiger charge is 2.23. The zero-order valence-electron chi connectivity index (χ0n) is 13.0. The summed E-state index contributed by atoms with van der Waals surface area (Å²) < 4.78 is 0. The van der Waals surface area contributed by atoms with Gasteiger partial charge in [0, 0.05) is 20.1 Å². The third-order valence-corrected chi connectivity index (χ3v) is 3.99. The summed E-state index contributed by atoms with van der Waals surface area (Å²) in [5.41, 5.74) is 6.88. The van der Waals surface area contributed by atoms with Gasteiger partial charge in [-0.2, -0.15) is 0 Å². The molecule has 1 unspecified atom stereocenters. The lowest BCUT2D eigenvalue weighted by atomic mass is 9.94. The zero-order valence-corrected chi connectivity index (χ0v) is 13.0. The van der Waals surface area contributed by atoms with E-state index in [1.807, 2.05) is 33.0 Å². The highest BCUT2D eigenvalue weighted by molar-refractivity contribution is 5.83. The first-order chi connectivity index (χ1) is 10.0. The van der Waals surface area contributed by atoms with E-state index in [0.29, 0.717) is 13.1 Å². The van der Waals surface area contributed by atoms with Crippen LogP contribution in [-0.4, -0.2) is 24.4 Å². The van der Waals surface area contributed by atoms with E-state index >= 15 is 0 Å². The molecular weight excluding hydrogens is 260 g/mol. The van der Waals surface area contributed by atoms with E-state index in [-0.39, 0.29) is 17.7 Å². The predicted molar refractivity (Wildman–Crippen MR) is 87.8 cm³/mol. The number of nitrogens with two attached hydrogens (primary N) is 1. The zero-order chi connectivity index (χ0) is 15.4. The summed E-state index contributed by atoms with van der Waals surface area (Å²) in [6, 6.07) is 14.6. The molecule has 0 fully saturated rings. The summed E-state index contributed by atoms with van der Waals surface area (Å²) in [5.74, 6) is 0.290. The Morgan fingerprint density at radius 1 is 1.14 bits per heavy atom. The van der Waals surface area contributed by atoms with Crippen LogP contribution in [-0.2, 0) is 11.3 Å². The molecule has 0 aromatic heterocycles. The summed E-state index contributed by atoms with van der Waals surface area (Å²) in [4.78, 5) is 14.2. The maximum atomic E-state index is 12.4. The van der Waals surface area contributed by atoms with Crippen molar-refractivity contribution in [2.24, 2.45) is 17.6 Å². The van der Waals surface area contributed by atoms with Crippen LogP contribution in [0.2, 0.25) is 0 Å². The van der Waals surface area contributed by atoms with Gasteiger partial charge >= 0.3 is 0 Å². The van der Waals surface area contributed by atoms with Gasteiger partial charge in [0.05, 0.1) is 5.92 Å². The monoisotopic (exact) mass is 284 g/mol. The fourth-order valence-corrected chi connectivity index (χ4v) is 2.63. The Kier molecular flexibility index (Phi) is 4.97. The first-order valence-electron chi connectivity index (χ1n) is 7.45. The minimum atomic E-state index is -0.101. The van der Waals surface area contributed by atoms with Gasteiger partial charge in [0.2, 0.25) is 5.91 Å². The fraction of sp³-hybridized carbons (Fsp3) is 0.389. The molecule has 1 atom stereocenters. The van der Waals surface area contributed by atoms with Gasteiger partial charge in [-0.3, -0.25) is 4.79 Å². The SMILES string of the molecule is CC(C)C(CN)C(=O)N(C)Cc1ccc2ccccc2c1. The molecule has 2 aromatic rings. The lowest BCUT2D eigenvalue weighted by Crippen LogP contribution is -2.38. The van der Waals surface area contributed by atoms with E-state index in [1.165, 1.54) is 10.8 Å². The van der Waals surface area contributed by atoms with Crippen molar-refractivity contribution in [1.82, 2.24) is 4.90 Å².